The summed E-state index contributed by atoms with van der Waals surface area (Å²) in [7, 11) is 3.99. The second kappa shape index (κ2) is 7.64. The minimum Gasteiger partial charge on any atom is -0.486 e. The molecule has 7 heteroatoms. The summed E-state index contributed by atoms with van der Waals surface area (Å²) < 4.78 is 11.2. The molecule has 1 aliphatic heterocycles. The molecule has 0 bridgehead atoms. The van der Waals surface area contributed by atoms with Crippen LogP contribution in [0.4, 0.5) is 5.69 Å². The zero-order valence-electron chi connectivity index (χ0n) is 15.9. The van der Waals surface area contributed by atoms with Gasteiger partial charge in [0.05, 0.1) is 17.5 Å². The number of aromatic nitrogens is 2. The van der Waals surface area contributed by atoms with Crippen LogP contribution in [0.25, 0.3) is 11.3 Å². The molecule has 0 spiro atoms. The molecular weight excluding hydrogens is 356 g/mol. The Morgan fingerprint density at radius 1 is 1.11 bits per heavy atom. The molecule has 0 saturated carbocycles. The first-order chi connectivity index (χ1) is 13.6. The van der Waals surface area contributed by atoms with Crippen molar-refractivity contribution in [3.63, 3.8) is 0 Å². The van der Waals surface area contributed by atoms with Crippen molar-refractivity contribution in [1.82, 2.24) is 15.5 Å². The Labute approximate surface area is 163 Å². The number of nitrogens with one attached hydrogen (secondary N) is 2. The Balaban J connectivity index is 1.48. The summed E-state index contributed by atoms with van der Waals surface area (Å²) in [5.41, 5.74) is 4.11. The van der Waals surface area contributed by atoms with Gasteiger partial charge in [0.1, 0.15) is 13.2 Å². The highest BCUT2D eigenvalue weighted by molar-refractivity contribution is 5.99. The third kappa shape index (κ3) is 3.64. The molecule has 0 aliphatic carbocycles. The molecule has 4 rings (SSSR count). The number of carbonyl (C=O) groups excluding carboxylic acids is 1. The van der Waals surface area contributed by atoms with E-state index in [1.807, 2.05) is 61.5 Å². The lowest BCUT2D eigenvalue weighted by Gasteiger charge is -2.18. The standard InChI is InChI=1S/C21H22N4O3/c1-25(2)16-6-3-14(4-7-16)12-22-21(26)17-13-23-24-20(17)15-5-8-18-19(11-15)28-10-9-27-18/h3-8,11,13H,9-10,12H2,1-2H3,(H,22,26)(H,23,24). The van der Waals surface area contributed by atoms with Gasteiger partial charge in [-0.2, -0.15) is 5.10 Å². The number of fused-ring (bicyclic) bond motifs is 1. The zero-order chi connectivity index (χ0) is 19.5. The largest absolute Gasteiger partial charge is 0.486 e. The number of rotatable bonds is 5. The van der Waals surface area contributed by atoms with E-state index in [9.17, 15) is 4.79 Å². The van der Waals surface area contributed by atoms with E-state index in [1.165, 1.54) is 6.20 Å². The summed E-state index contributed by atoms with van der Waals surface area (Å²) in [6, 6.07) is 13.7. The molecule has 144 valence electrons. The van der Waals surface area contributed by atoms with E-state index >= 15 is 0 Å². The summed E-state index contributed by atoms with van der Waals surface area (Å²) in [5.74, 6) is 1.20. The molecule has 0 atom stereocenters. The maximum absolute atomic E-state index is 12.7. The highest BCUT2D eigenvalue weighted by atomic mass is 16.6. The molecule has 0 unspecified atom stereocenters. The molecule has 0 saturated heterocycles. The first-order valence-electron chi connectivity index (χ1n) is 9.09. The van der Waals surface area contributed by atoms with Crippen molar-refractivity contribution in [3.05, 3.63) is 59.8 Å². The van der Waals surface area contributed by atoms with Gasteiger partial charge in [0.2, 0.25) is 0 Å². The number of nitrogens with zero attached hydrogens (tertiary/aromatic N) is 2. The SMILES string of the molecule is CN(C)c1ccc(CNC(=O)c2cn[nH]c2-c2ccc3c(c2)OCCO3)cc1. The van der Waals surface area contributed by atoms with E-state index in [0.717, 1.165) is 16.8 Å². The van der Waals surface area contributed by atoms with Crippen molar-refractivity contribution >= 4 is 11.6 Å². The maximum Gasteiger partial charge on any atom is 0.255 e. The minimum absolute atomic E-state index is 0.185. The third-order valence-electron chi connectivity index (χ3n) is 4.62. The van der Waals surface area contributed by atoms with Crippen LogP contribution in [0.1, 0.15) is 15.9 Å². The predicted molar refractivity (Wildman–Crippen MR) is 107 cm³/mol. The van der Waals surface area contributed by atoms with Crippen molar-refractivity contribution < 1.29 is 14.3 Å². The van der Waals surface area contributed by atoms with Crippen molar-refractivity contribution in [2.24, 2.45) is 0 Å². The molecule has 2 N–H and O–H groups in total. The fraction of sp³-hybridized carbons (Fsp3) is 0.238. The molecular formula is C21H22N4O3. The van der Waals surface area contributed by atoms with Gasteiger partial charge in [-0.05, 0) is 35.9 Å². The fourth-order valence-corrected chi connectivity index (χ4v) is 3.07. The molecule has 2 heterocycles. The molecule has 1 aromatic heterocycles. The summed E-state index contributed by atoms with van der Waals surface area (Å²) in [6.45, 7) is 1.50. The second-order valence-corrected chi connectivity index (χ2v) is 6.76. The van der Waals surface area contributed by atoms with Crippen LogP contribution >= 0.6 is 0 Å². The number of benzene rings is 2. The van der Waals surface area contributed by atoms with Gasteiger partial charge in [-0.15, -0.1) is 0 Å². The van der Waals surface area contributed by atoms with Gasteiger partial charge in [-0.25, -0.2) is 0 Å². The zero-order valence-corrected chi connectivity index (χ0v) is 15.9. The Morgan fingerprint density at radius 3 is 2.61 bits per heavy atom. The van der Waals surface area contributed by atoms with Crippen LogP contribution in [-0.4, -0.2) is 43.4 Å². The van der Waals surface area contributed by atoms with E-state index < -0.39 is 0 Å². The molecule has 0 fully saturated rings. The summed E-state index contributed by atoms with van der Waals surface area (Å²) in [4.78, 5) is 14.7. The first-order valence-corrected chi connectivity index (χ1v) is 9.09. The third-order valence-corrected chi connectivity index (χ3v) is 4.62. The maximum atomic E-state index is 12.7. The number of hydrogen-bond donors (Lipinski definition) is 2. The summed E-state index contributed by atoms with van der Waals surface area (Å²) in [6.07, 6.45) is 1.54. The van der Waals surface area contributed by atoms with Gasteiger partial charge in [0.25, 0.3) is 5.91 Å². The van der Waals surface area contributed by atoms with Crippen LogP contribution in [0, 0.1) is 0 Å². The van der Waals surface area contributed by atoms with Crippen LogP contribution in [0.2, 0.25) is 0 Å². The molecule has 1 amide bonds. The van der Waals surface area contributed by atoms with Crippen molar-refractivity contribution in [1.29, 1.82) is 0 Å². The van der Waals surface area contributed by atoms with Crippen molar-refractivity contribution in [3.8, 4) is 22.8 Å². The summed E-state index contributed by atoms with van der Waals surface area (Å²) >= 11 is 0. The number of anilines is 1. The average molecular weight is 378 g/mol. The number of H-pyrrole nitrogens is 1. The Bertz CT molecular complexity index is 980. The molecule has 7 nitrogen and oxygen atoms in total. The Hall–Kier alpha value is -3.48. The van der Waals surface area contributed by atoms with Crippen LogP contribution in [0.5, 0.6) is 11.5 Å². The van der Waals surface area contributed by atoms with Gasteiger partial charge in [-0.3, -0.25) is 9.89 Å². The number of hydrogen-bond acceptors (Lipinski definition) is 5. The Morgan fingerprint density at radius 2 is 1.86 bits per heavy atom. The number of ether oxygens (including phenoxy) is 2. The lowest BCUT2D eigenvalue weighted by atomic mass is 10.1. The number of amides is 1. The van der Waals surface area contributed by atoms with Crippen LogP contribution in [0.15, 0.2) is 48.7 Å². The van der Waals surface area contributed by atoms with Gasteiger partial charge in [0, 0.05) is 31.9 Å². The van der Waals surface area contributed by atoms with Gasteiger partial charge in [0.15, 0.2) is 11.5 Å². The number of carbonyl (C=O) groups is 1. The summed E-state index contributed by atoms with van der Waals surface area (Å²) in [5, 5.41) is 9.92. The van der Waals surface area contributed by atoms with E-state index in [2.05, 4.69) is 15.5 Å². The van der Waals surface area contributed by atoms with Crippen LogP contribution < -0.4 is 19.7 Å². The van der Waals surface area contributed by atoms with E-state index in [1.54, 1.807) is 0 Å². The monoisotopic (exact) mass is 378 g/mol. The van der Waals surface area contributed by atoms with Crippen molar-refractivity contribution in [2.45, 2.75) is 6.54 Å². The normalized spacial score (nSPS) is 12.5. The van der Waals surface area contributed by atoms with Crippen LogP contribution in [-0.2, 0) is 6.54 Å². The molecule has 0 radical (unpaired) electrons. The lowest BCUT2D eigenvalue weighted by molar-refractivity contribution is 0.0951. The highest BCUT2D eigenvalue weighted by Crippen LogP contribution is 2.34. The quantitative estimate of drug-likeness (QED) is 0.714. The molecule has 2 aromatic carbocycles. The van der Waals surface area contributed by atoms with Gasteiger partial charge >= 0.3 is 0 Å². The molecule has 1 aliphatic rings. The number of aromatic amines is 1. The lowest BCUT2D eigenvalue weighted by Crippen LogP contribution is -2.23. The van der Waals surface area contributed by atoms with Gasteiger partial charge < -0.3 is 19.7 Å². The highest BCUT2D eigenvalue weighted by Gasteiger charge is 2.18. The molecule has 28 heavy (non-hydrogen) atoms. The first kappa shape index (κ1) is 17.9. The topological polar surface area (TPSA) is 79.5 Å². The van der Waals surface area contributed by atoms with E-state index in [0.29, 0.717) is 42.5 Å². The van der Waals surface area contributed by atoms with Crippen LogP contribution in [0.3, 0.4) is 0 Å². The van der Waals surface area contributed by atoms with Gasteiger partial charge in [-0.1, -0.05) is 12.1 Å². The smallest absolute Gasteiger partial charge is 0.255 e. The average Bonchev–Trinajstić information content (AvgIpc) is 3.22. The predicted octanol–water partition coefficient (Wildman–Crippen LogP) is 2.84. The molecule has 3 aromatic rings. The van der Waals surface area contributed by atoms with E-state index in [4.69, 9.17) is 9.47 Å². The van der Waals surface area contributed by atoms with Crippen molar-refractivity contribution in [2.75, 3.05) is 32.2 Å². The second-order valence-electron chi connectivity index (χ2n) is 6.76. The van der Waals surface area contributed by atoms with E-state index in [-0.39, 0.29) is 5.91 Å². The Kier molecular flexibility index (Phi) is 4.89. The minimum atomic E-state index is -0.185. The fourth-order valence-electron chi connectivity index (χ4n) is 3.07.